The highest BCUT2D eigenvalue weighted by molar-refractivity contribution is 5.71. The van der Waals surface area contributed by atoms with Crippen molar-refractivity contribution in [3.05, 3.63) is 26.7 Å². The molecule has 108 valence electrons. The van der Waals surface area contributed by atoms with Crippen LogP contribution < -0.4 is 16.6 Å². The lowest BCUT2D eigenvalue weighted by molar-refractivity contribution is 0.434. The van der Waals surface area contributed by atoms with Gasteiger partial charge in [-0.15, -0.1) is 0 Å². The molecule has 7 nitrogen and oxygen atoms in total. The average molecular weight is 277 g/mol. The van der Waals surface area contributed by atoms with Crippen molar-refractivity contribution in [2.75, 3.05) is 13.1 Å². The number of aromatic amines is 1. The van der Waals surface area contributed by atoms with Crippen LogP contribution in [0.15, 0.2) is 9.59 Å². The van der Waals surface area contributed by atoms with Crippen LogP contribution in [0.5, 0.6) is 0 Å². The smallest absolute Gasteiger partial charge is 0.322 e. The zero-order valence-electron chi connectivity index (χ0n) is 11.8. The number of nitrogens with one attached hydrogen (secondary N) is 2. The van der Waals surface area contributed by atoms with Crippen LogP contribution in [-0.2, 0) is 13.6 Å². The maximum absolute atomic E-state index is 12.1. The summed E-state index contributed by atoms with van der Waals surface area (Å²) in [4.78, 5) is 30.7. The lowest BCUT2D eigenvalue weighted by atomic mass is 9.97. The van der Waals surface area contributed by atoms with E-state index in [9.17, 15) is 9.59 Å². The molecule has 0 amide bonds. The summed E-state index contributed by atoms with van der Waals surface area (Å²) in [6.45, 7) is 4.60. The molecule has 2 N–H and O–H groups in total. The molecular formula is C13H19N5O2. The van der Waals surface area contributed by atoms with Gasteiger partial charge in [0, 0.05) is 19.5 Å². The van der Waals surface area contributed by atoms with Crippen molar-refractivity contribution in [1.82, 2.24) is 24.4 Å². The molecule has 2 aromatic rings. The van der Waals surface area contributed by atoms with E-state index in [1.807, 2.05) is 11.5 Å². The van der Waals surface area contributed by atoms with Gasteiger partial charge in [-0.3, -0.25) is 14.3 Å². The highest BCUT2D eigenvalue weighted by Crippen LogP contribution is 2.26. The normalized spacial score (nSPS) is 16.9. The second-order valence-corrected chi connectivity index (χ2v) is 5.23. The fourth-order valence-corrected chi connectivity index (χ4v) is 2.96. The summed E-state index contributed by atoms with van der Waals surface area (Å²) < 4.78 is 3.36. The van der Waals surface area contributed by atoms with E-state index in [4.69, 9.17) is 0 Å². The lowest BCUT2D eigenvalue weighted by Gasteiger charge is -2.22. The van der Waals surface area contributed by atoms with Crippen LogP contribution >= 0.6 is 0 Å². The maximum Gasteiger partial charge on any atom is 0.329 e. The molecule has 1 aliphatic rings. The fraction of sp³-hybridized carbons (Fsp3) is 0.615. The van der Waals surface area contributed by atoms with Gasteiger partial charge in [0.15, 0.2) is 11.2 Å². The van der Waals surface area contributed by atoms with Gasteiger partial charge in [-0.25, -0.2) is 9.78 Å². The van der Waals surface area contributed by atoms with Crippen molar-refractivity contribution < 1.29 is 0 Å². The van der Waals surface area contributed by atoms with E-state index in [-0.39, 0.29) is 5.56 Å². The summed E-state index contributed by atoms with van der Waals surface area (Å²) in [6.07, 6.45) is 2.02. The number of fused-ring (bicyclic) bond motifs is 1. The van der Waals surface area contributed by atoms with Gasteiger partial charge in [-0.05, 0) is 32.9 Å². The summed E-state index contributed by atoms with van der Waals surface area (Å²) in [5.41, 5.74) is 0.218. The first kappa shape index (κ1) is 13.1. The molecule has 0 aliphatic carbocycles. The van der Waals surface area contributed by atoms with Crippen LogP contribution in [0.4, 0.5) is 0 Å². The third-order valence-corrected chi connectivity index (χ3v) is 4.06. The predicted molar refractivity (Wildman–Crippen MR) is 76.1 cm³/mol. The van der Waals surface area contributed by atoms with Crippen molar-refractivity contribution >= 4 is 11.2 Å². The number of hydrogen-bond acceptors (Lipinski definition) is 4. The lowest BCUT2D eigenvalue weighted by Crippen LogP contribution is -2.29. The molecular weight excluding hydrogens is 258 g/mol. The zero-order valence-corrected chi connectivity index (χ0v) is 11.8. The number of hydrogen-bond donors (Lipinski definition) is 2. The van der Waals surface area contributed by atoms with Crippen LogP contribution in [0.3, 0.4) is 0 Å². The summed E-state index contributed by atoms with van der Waals surface area (Å²) in [7, 11) is 1.64. The Kier molecular flexibility index (Phi) is 3.21. The van der Waals surface area contributed by atoms with Gasteiger partial charge in [-0.1, -0.05) is 0 Å². The number of nitrogens with zero attached hydrogens (tertiary/aromatic N) is 3. The Hall–Kier alpha value is -1.89. The Morgan fingerprint density at radius 2 is 2.00 bits per heavy atom. The van der Waals surface area contributed by atoms with Gasteiger partial charge >= 0.3 is 5.69 Å². The minimum absolute atomic E-state index is 0.345. The molecule has 20 heavy (non-hydrogen) atoms. The fourth-order valence-electron chi connectivity index (χ4n) is 2.96. The Balaban J connectivity index is 2.28. The minimum atomic E-state index is -0.417. The number of aryl methyl sites for hydroxylation is 2. The third kappa shape index (κ3) is 1.89. The second-order valence-electron chi connectivity index (χ2n) is 5.23. The number of imidazole rings is 1. The summed E-state index contributed by atoms with van der Waals surface area (Å²) in [5, 5.41) is 3.33. The largest absolute Gasteiger partial charge is 0.329 e. The van der Waals surface area contributed by atoms with Crippen LogP contribution in [0.2, 0.25) is 0 Å². The maximum atomic E-state index is 12.1. The topological polar surface area (TPSA) is 84.7 Å². The standard InChI is InChI=1S/C13H19N5O2/c1-3-18-9-11(17(2)13(20)16-12(9)19)15-10(18)8-4-6-14-7-5-8/h8,14H,3-7H2,1-2H3,(H,16,19,20). The van der Waals surface area contributed by atoms with Gasteiger partial charge < -0.3 is 9.88 Å². The van der Waals surface area contributed by atoms with E-state index in [1.54, 1.807) is 7.05 Å². The SMILES string of the molecule is CCn1c(C2CCNCC2)nc2c1c(=O)[nH]c(=O)n2C. The van der Waals surface area contributed by atoms with Gasteiger partial charge in [0.2, 0.25) is 0 Å². The quantitative estimate of drug-likeness (QED) is 0.803. The molecule has 0 aromatic carbocycles. The van der Waals surface area contributed by atoms with E-state index in [2.05, 4.69) is 15.3 Å². The van der Waals surface area contributed by atoms with E-state index < -0.39 is 5.69 Å². The number of H-pyrrole nitrogens is 1. The van der Waals surface area contributed by atoms with Crippen molar-refractivity contribution in [3.8, 4) is 0 Å². The Morgan fingerprint density at radius 1 is 1.30 bits per heavy atom. The zero-order chi connectivity index (χ0) is 14.3. The van der Waals surface area contributed by atoms with Gasteiger partial charge in [0.1, 0.15) is 5.82 Å². The van der Waals surface area contributed by atoms with Gasteiger partial charge in [0.25, 0.3) is 5.56 Å². The number of rotatable bonds is 2. The first-order valence-electron chi connectivity index (χ1n) is 7.03. The molecule has 1 saturated heterocycles. The molecule has 0 atom stereocenters. The molecule has 1 aliphatic heterocycles. The minimum Gasteiger partial charge on any atom is -0.322 e. The molecule has 1 fully saturated rings. The van der Waals surface area contributed by atoms with E-state index in [1.165, 1.54) is 4.57 Å². The van der Waals surface area contributed by atoms with Crippen molar-refractivity contribution in [1.29, 1.82) is 0 Å². The summed E-state index contributed by atoms with van der Waals surface area (Å²) in [5.74, 6) is 1.27. The predicted octanol–water partition coefficient (Wildman–Crippen LogP) is -0.0898. The second kappa shape index (κ2) is 4.90. The molecule has 0 bridgehead atoms. The highest BCUT2D eigenvalue weighted by atomic mass is 16.2. The third-order valence-electron chi connectivity index (χ3n) is 4.06. The van der Waals surface area contributed by atoms with Crippen LogP contribution in [0, 0.1) is 0 Å². The summed E-state index contributed by atoms with van der Waals surface area (Å²) in [6, 6.07) is 0. The van der Waals surface area contributed by atoms with Gasteiger partial charge in [-0.2, -0.15) is 0 Å². The Morgan fingerprint density at radius 3 is 2.65 bits per heavy atom. The molecule has 0 spiro atoms. The summed E-state index contributed by atoms with van der Waals surface area (Å²) >= 11 is 0. The van der Waals surface area contributed by atoms with E-state index in [0.717, 1.165) is 31.8 Å². The van der Waals surface area contributed by atoms with Crippen LogP contribution in [0.25, 0.3) is 11.2 Å². The molecule has 0 radical (unpaired) electrons. The average Bonchev–Trinajstić information content (AvgIpc) is 2.86. The van der Waals surface area contributed by atoms with Crippen molar-refractivity contribution in [3.63, 3.8) is 0 Å². The Labute approximate surface area is 115 Å². The van der Waals surface area contributed by atoms with Crippen LogP contribution in [0.1, 0.15) is 31.5 Å². The molecule has 0 saturated carbocycles. The van der Waals surface area contributed by atoms with E-state index in [0.29, 0.717) is 23.6 Å². The Bertz CT molecular complexity index is 748. The van der Waals surface area contributed by atoms with Crippen molar-refractivity contribution in [2.45, 2.75) is 32.2 Å². The first-order valence-corrected chi connectivity index (χ1v) is 7.03. The highest BCUT2D eigenvalue weighted by Gasteiger charge is 2.24. The van der Waals surface area contributed by atoms with E-state index >= 15 is 0 Å². The number of aromatic nitrogens is 4. The monoisotopic (exact) mass is 277 g/mol. The number of piperidine rings is 1. The molecule has 3 heterocycles. The molecule has 2 aromatic heterocycles. The molecule has 3 rings (SSSR count). The van der Waals surface area contributed by atoms with Crippen LogP contribution in [-0.4, -0.2) is 32.2 Å². The molecule has 0 unspecified atom stereocenters. The van der Waals surface area contributed by atoms with Gasteiger partial charge in [0.05, 0.1) is 0 Å². The molecule has 7 heteroatoms. The first-order chi connectivity index (χ1) is 9.63. The van der Waals surface area contributed by atoms with Crippen molar-refractivity contribution in [2.24, 2.45) is 7.05 Å².